The molecule has 2 atom stereocenters. The monoisotopic (exact) mass is 422 g/mol. The highest BCUT2D eigenvalue weighted by Crippen LogP contribution is 2.45. The molecule has 0 spiro atoms. The molecule has 8 heteroatoms. The first-order valence-electron chi connectivity index (χ1n) is 10.0. The van der Waals surface area contributed by atoms with Crippen molar-refractivity contribution in [2.45, 2.75) is 65.5 Å². The van der Waals surface area contributed by atoms with Gasteiger partial charge in [-0.15, -0.1) is 11.3 Å². The summed E-state index contributed by atoms with van der Waals surface area (Å²) in [7, 11) is 0. The third-order valence-electron chi connectivity index (χ3n) is 5.33. The van der Waals surface area contributed by atoms with Crippen LogP contribution in [0.15, 0.2) is 0 Å². The Hall–Kier alpha value is -1.93. The summed E-state index contributed by atoms with van der Waals surface area (Å²) in [5.74, 6) is -1.02. The van der Waals surface area contributed by atoms with Crippen LogP contribution in [0.3, 0.4) is 0 Å². The molecular formula is C21H30N2O5S. The van der Waals surface area contributed by atoms with Gasteiger partial charge >= 0.3 is 11.9 Å². The zero-order valence-electron chi connectivity index (χ0n) is 17.9. The van der Waals surface area contributed by atoms with Crippen molar-refractivity contribution in [2.24, 2.45) is 11.8 Å². The van der Waals surface area contributed by atoms with Crippen LogP contribution in [0.2, 0.25) is 0 Å². The topological polar surface area (TPSA) is 93.7 Å². The van der Waals surface area contributed by atoms with E-state index >= 15 is 0 Å². The zero-order chi connectivity index (χ0) is 21.6. The Labute approximate surface area is 175 Å². The Morgan fingerprint density at radius 2 is 1.86 bits per heavy atom. The van der Waals surface area contributed by atoms with Gasteiger partial charge in [-0.3, -0.25) is 9.59 Å². The fourth-order valence-corrected chi connectivity index (χ4v) is 5.37. The number of fused-ring (bicyclic) bond motifs is 1. The first-order chi connectivity index (χ1) is 13.4. The van der Waals surface area contributed by atoms with Crippen LogP contribution in [0.25, 0.3) is 0 Å². The maximum absolute atomic E-state index is 12.7. The lowest BCUT2D eigenvalue weighted by molar-refractivity contribution is -0.148. The van der Waals surface area contributed by atoms with Crippen LogP contribution in [0.5, 0.6) is 0 Å². The highest BCUT2D eigenvalue weighted by molar-refractivity contribution is 7.17. The molecule has 0 unspecified atom stereocenters. The van der Waals surface area contributed by atoms with E-state index in [-0.39, 0.29) is 36.2 Å². The second-order valence-electron chi connectivity index (χ2n) is 9.12. The molecule has 0 radical (unpaired) electrons. The molecule has 2 aliphatic rings. The largest absolute Gasteiger partial charge is 0.462 e. The van der Waals surface area contributed by atoms with E-state index in [2.05, 4.69) is 38.3 Å². The van der Waals surface area contributed by atoms with Crippen LogP contribution >= 0.6 is 11.3 Å². The van der Waals surface area contributed by atoms with Gasteiger partial charge in [0.1, 0.15) is 5.00 Å². The summed E-state index contributed by atoms with van der Waals surface area (Å²) in [4.78, 5) is 38.0. The quantitative estimate of drug-likeness (QED) is 0.684. The van der Waals surface area contributed by atoms with Crippen molar-refractivity contribution in [3.8, 4) is 0 Å². The van der Waals surface area contributed by atoms with Gasteiger partial charge in [0.2, 0.25) is 0 Å². The molecule has 7 nitrogen and oxygen atoms in total. The lowest BCUT2D eigenvalue weighted by atomic mass is 9.81. The van der Waals surface area contributed by atoms with E-state index in [1.165, 1.54) is 11.3 Å². The average Bonchev–Trinajstić information content (AvgIpc) is 3.20. The van der Waals surface area contributed by atoms with Gasteiger partial charge in [-0.05, 0) is 58.9 Å². The summed E-state index contributed by atoms with van der Waals surface area (Å²) in [6, 6.07) is 0. The number of nitrogens with one attached hydrogen (secondary N) is 2. The van der Waals surface area contributed by atoms with Crippen molar-refractivity contribution in [1.82, 2.24) is 5.32 Å². The summed E-state index contributed by atoms with van der Waals surface area (Å²) in [5.41, 5.74) is 0.739. The summed E-state index contributed by atoms with van der Waals surface area (Å²) in [6.45, 7) is 11.9. The summed E-state index contributed by atoms with van der Waals surface area (Å²) in [5, 5.41) is 6.81. The first-order valence-corrected chi connectivity index (χ1v) is 10.9. The summed E-state index contributed by atoms with van der Waals surface area (Å²) in [6.07, 6.45) is 1.45. The molecular weight excluding hydrogens is 392 g/mol. The molecule has 2 N–H and O–H groups in total. The van der Waals surface area contributed by atoms with Crippen molar-refractivity contribution in [3.05, 3.63) is 16.0 Å². The number of anilines is 1. The number of esters is 2. The number of ether oxygens (including phenoxy) is 2. The number of thiophene rings is 1. The molecule has 1 fully saturated rings. The van der Waals surface area contributed by atoms with Gasteiger partial charge in [-0.1, -0.05) is 6.92 Å². The van der Waals surface area contributed by atoms with E-state index in [1.807, 2.05) is 6.92 Å². The fraction of sp³-hybridized carbons (Fsp3) is 0.667. The number of rotatable bonds is 6. The SMILES string of the molecule is CCOC(=O)c1c(NC(=O)COC(=O)[C@@H]2C[C@@H]2C)sc2c1CC(C)(C)NC2(C)C. The molecule has 1 amide bonds. The minimum atomic E-state index is -0.458. The standard InChI is InChI=1S/C21H30N2O5S/c1-7-27-19(26)15-13-9-20(3,4)23-21(5,6)16(13)29-17(15)22-14(24)10-28-18(25)12-8-11(12)2/h11-12,23H,7-10H2,1-6H3,(H,22,24)/t11-,12+/m0/s1. The molecule has 1 aliphatic carbocycles. The fourth-order valence-electron chi connectivity index (χ4n) is 4.09. The van der Waals surface area contributed by atoms with Crippen LogP contribution in [0.4, 0.5) is 5.00 Å². The van der Waals surface area contributed by atoms with Crippen molar-refractivity contribution >= 4 is 34.2 Å². The first kappa shape index (κ1) is 21.8. The molecule has 0 saturated heterocycles. The van der Waals surface area contributed by atoms with Crippen LogP contribution in [0, 0.1) is 11.8 Å². The van der Waals surface area contributed by atoms with Crippen molar-refractivity contribution in [3.63, 3.8) is 0 Å². The molecule has 0 bridgehead atoms. The number of amides is 1. The lowest BCUT2D eigenvalue weighted by Gasteiger charge is -2.42. The average molecular weight is 423 g/mol. The van der Waals surface area contributed by atoms with E-state index in [0.29, 0.717) is 22.9 Å². The third-order valence-corrected chi connectivity index (χ3v) is 6.81. The third kappa shape index (κ3) is 4.64. The summed E-state index contributed by atoms with van der Waals surface area (Å²) < 4.78 is 10.4. The number of carbonyl (C=O) groups is 3. The van der Waals surface area contributed by atoms with Gasteiger partial charge in [0.15, 0.2) is 6.61 Å². The smallest absolute Gasteiger partial charge is 0.341 e. The Morgan fingerprint density at radius 3 is 2.45 bits per heavy atom. The molecule has 1 aromatic heterocycles. The van der Waals surface area contributed by atoms with E-state index in [1.54, 1.807) is 6.92 Å². The normalized spacial score (nSPS) is 23.7. The van der Waals surface area contributed by atoms with Crippen molar-refractivity contribution < 1.29 is 23.9 Å². The second-order valence-corrected chi connectivity index (χ2v) is 10.1. The predicted molar refractivity (Wildman–Crippen MR) is 111 cm³/mol. The molecule has 160 valence electrons. The molecule has 2 heterocycles. The lowest BCUT2D eigenvalue weighted by Crippen LogP contribution is -2.55. The van der Waals surface area contributed by atoms with Crippen LogP contribution in [0.1, 0.15) is 68.8 Å². The van der Waals surface area contributed by atoms with Gasteiger partial charge in [0.05, 0.1) is 18.1 Å². The minimum absolute atomic E-state index is 0.0963. The number of carbonyl (C=O) groups excluding carboxylic acids is 3. The highest BCUT2D eigenvalue weighted by Gasteiger charge is 2.43. The van der Waals surface area contributed by atoms with Gasteiger partial charge in [0, 0.05) is 16.0 Å². The molecule has 1 aliphatic heterocycles. The minimum Gasteiger partial charge on any atom is -0.462 e. The Bertz CT molecular complexity index is 842. The van der Waals surface area contributed by atoms with E-state index in [4.69, 9.17) is 9.47 Å². The number of hydrogen-bond donors (Lipinski definition) is 2. The Balaban J connectivity index is 1.84. The Morgan fingerprint density at radius 1 is 1.21 bits per heavy atom. The van der Waals surface area contributed by atoms with Crippen LogP contribution in [-0.2, 0) is 31.0 Å². The highest BCUT2D eigenvalue weighted by atomic mass is 32.1. The van der Waals surface area contributed by atoms with E-state index in [0.717, 1.165) is 16.9 Å². The van der Waals surface area contributed by atoms with E-state index in [9.17, 15) is 14.4 Å². The van der Waals surface area contributed by atoms with Crippen LogP contribution < -0.4 is 10.6 Å². The molecule has 3 rings (SSSR count). The van der Waals surface area contributed by atoms with E-state index < -0.39 is 11.9 Å². The molecule has 29 heavy (non-hydrogen) atoms. The maximum atomic E-state index is 12.7. The van der Waals surface area contributed by atoms with Gasteiger partial charge in [0.25, 0.3) is 5.91 Å². The van der Waals surface area contributed by atoms with Crippen molar-refractivity contribution in [1.29, 1.82) is 0 Å². The van der Waals surface area contributed by atoms with Gasteiger partial charge in [-0.2, -0.15) is 0 Å². The molecule has 1 aromatic rings. The summed E-state index contributed by atoms with van der Waals surface area (Å²) >= 11 is 1.37. The molecule has 0 aromatic carbocycles. The molecule has 1 saturated carbocycles. The second kappa shape index (κ2) is 7.72. The predicted octanol–water partition coefficient (Wildman–Crippen LogP) is 3.22. The van der Waals surface area contributed by atoms with Gasteiger partial charge in [-0.25, -0.2) is 4.79 Å². The Kier molecular flexibility index (Phi) is 5.80. The van der Waals surface area contributed by atoms with Crippen LogP contribution in [-0.4, -0.2) is 36.6 Å². The maximum Gasteiger partial charge on any atom is 0.341 e. The number of hydrogen-bond acceptors (Lipinski definition) is 7. The van der Waals surface area contributed by atoms with Gasteiger partial charge < -0.3 is 20.1 Å². The van der Waals surface area contributed by atoms with Crippen molar-refractivity contribution in [2.75, 3.05) is 18.5 Å². The zero-order valence-corrected chi connectivity index (χ0v) is 18.7.